The van der Waals surface area contributed by atoms with Crippen molar-refractivity contribution in [1.82, 2.24) is 15.2 Å². The number of hydrogen-bond donors (Lipinski definition) is 1. The van der Waals surface area contributed by atoms with E-state index in [-0.39, 0.29) is 5.91 Å². The fourth-order valence-electron chi connectivity index (χ4n) is 3.17. The maximum atomic E-state index is 11.1. The standard InChI is InChI=1S/C19H22N4O2/c1-14(24)21-10-16-3-2-8-23(12-16)13-19-22-11-18(25-19)17-6-4-15(9-20)5-7-17/h4-7,11,16H,2-3,8,10,12-13H2,1H3,(H,21,24). The van der Waals surface area contributed by atoms with Crippen LogP contribution >= 0.6 is 0 Å². The second kappa shape index (κ2) is 7.95. The fraction of sp³-hybridized carbons (Fsp3) is 0.421. The Balaban J connectivity index is 1.59. The van der Waals surface area contributed by atoms with Crippen molar-refractivity contribution in [2.24, 2.45) is 5.92 Å². The fourth-order valence-corrected chi connectivity index (χ4v) is 3.17. The summed E-state index contributed by atoms with van der Waals surface area (Å²) in [5.74, 6) is 1.91. The van der Waals surface area contributed by atoms with Gasteiger partial charge in [0, 0.05) is 25.6 Å². The second-order valence-corrected chi connectivity index (χ2v) is 6.49. The minimum absolute atomic E-state index is 0.0249. The summed E-state index contributed by atoms with van der Waals surface area (Å²) in [7, 11) is 0. The van der Waals surface area contributed by atoms with E-state index in [0.29, 0.717) is 29.7 Å². The molecule has 1 atom stereocenters. The van der Waals surface area contributed by atoms with Crippen LogP contribution in [0.5, 0.6) is 0 Å². The van der Waals surface area contributed by atoms with E-state index in [1.54, 1.807) is 25.3 Å². The Morgan fingerprint density at radius 2 is 2.24 bits per heavy atom. The first-order chi connectivity index (χ1) is 12.1. The number of aromatic nitrogens is 1. The predicted molar refractivity (Wildman–Crippen MR) is 93.3 cm³/mol. The summed E-state index contributed by atoms with van der Waals surface area (Å²) < 4.78 is 5.87. The molecule has 0 saturated carbocycles. The number of oxazole rings is 1. The van der Waals surface area contributed by atoms with Gasteiger partial charge in [0.2, 0.25) is 11.8 Å². The topological polar surface area (TPSA) is 82.2 Å². The van der Waals surface area contributed by atoms with Crippen molar-refractivity contribution in [2.45, 2.75) is 26.3 Å². The van der Waals surface area contributed by atoms with Gasteiger partial charge in [0.1, 0.15) is 0 Å². The lowest BCUT2D eigenvalue weighted by atomic mass is 9.98. The zero-order chi connectivity index (χ0) is 17.6. The van der Waals surface area contributed by atoms with Gasteiger partial charge >= 0.3 is 0 Å². The number of nitriles is 1. The minimum Gasteiger partial charge on any atom is -0.439 e. The van der Waals surface area contributed by atoms with Crippen LogP contribution in [0.4, 0.5) is 0 Å². The van der Waals surface area contributed by atoms with Gasteiger partial charge in [-0.1, -0.05) is 0 Å². The molecule has 3 rings (SSSR count). The number of nitrogens with zero attached hydrogens (tertiary/aromatic N) is 3. The van der Waals surface area contributed by atoms with Crippen LogP contribution in [0, 0.1) is 17.2 Å². The van der Waals surface area contributed by atoms with Crippen LogP contribution in [0.15, 0.2) is 34.9 Å². The van der Waals surface area contributed by atoms with Gasteiger partial charge in [0.05, 0.1) is 24.4 Å². The van der Waals surface area contributed by atoms with E-state index in [1.807, 2.05) is 12.1 Å². The molecule has 1 unspecified atom stereocenters. The van der Waals surface area contributed by atoms with Crippen molar-refractivity contribution < 1.29 is 9.21 Å². The Morgan fingerprint density at radius 3 is 2.96 bits per heavy atom. The first kappa shape index (κ1) is 17.2. The van der Waals surface area contributed by atoms with Crippen LogP contribution in [0.1, 0.15) is 31.2 Å². The molecule has 0 spiro atoms. The number of hydrogen-bond acceptors (Lipinski definition) is 5. The molecule has 0 radical (unpaired) electrons. The Morgan fingerprint density at radius 1 is 1.44 bits per heavy atom. The van der Waals surface area contributed by atoms with Crippen LogP contribution < -0.4 is 5.32 Å². The summed E-state index contributed by atoms with van der Waals surface area (Å²) in [6, 6.07) is 9.39. The molecule has 2 heterocycles. The lowest BCUT2D eigenvalue weighted by Crippen LogP contribution is -2.40. The molecule has 1 aromatic carbocycles. The van der Waals surface area contributed by atoms with Gasteiger partial charge in [0.25, 0.3) is 0 Å². The Labute approximate surface area is 147 Å². The average Bonchev–Trinajstić information content (AvgIpc) is 3.09. The first-order valence-electron chi connectivity index (χ1n) is 8.56. The number of rotatable bonds is 5. The van der Waals surface area contributed by atoms with Crippen LogP contribution in [-0.2, 0) is 11.3 Å². The van der Waals surface area contributed by atoms with Crippen LogP contribution in [-0.4, -0.2) is 35.4 Å². The highest BCUT2D eigenvalue weighted by molar-refractivity contribution is 5.72. The normalized spacial score (nSPS) is 17.8. The predicted octanol–water partition coefficient (Wildman–Crippen LogP) is 2.56. The number of carbonyl (C=O) groups is 1. The first-order valence-corrected chi connectivity index (χ1v) is 8.56. The third kappa shape index (κ3) is 4.68. The number of benzene rings is 1. The molecule has 1 N–H and O–H groups in total. The maximum absolute atomic E-state index is 11.1. The molecule has 6 nitrogen and oxygen atoms in total. The molecule has 1 fully saturated rings. The minimum atomic E-state index is 0.0249. The van der Waals surface area contributed by atoms with Crippen LogP contribution in [0.25, 0.3) is 11.3 Å². The molecule has 1 aromatic heterocycles. The van der Waals surface area contributed by atoms with Gasteiger partial charge in [-0.25, -0.2) is 4.98 Å². The third-order valence-corrected chi connectivity index (χ3v) is 4.45. The molecule has 2 aromatic rings. The lowest BCUT2D eigenvalue weighted by Gasteiger charge is -2.31. The van der Waals surface area contributed by atoms with E-state index < -0.39 is 0 Å². The third-order valence-electron chi connectivity index (χ3n) is 4.45. The van der Waals surface area contributed by atoms with Gasteiger partial charge in [-0.3, -0.25) is 9.69 Å². The van der Waals surface area contributed by atoms with Crippen molar-refractivity contribution >= 4 is 5.91 Å². The number of carbonyl (C=O) groups excluding carboxylic acids is 1. The van der Waals surface area contributed by atoms with E-state index in [1.165, 1.54) is 0 Å². The molecular formula is C19H22N4O2. The Hall–Kier alpha value is -2.65. The van der Waals surface area contributed by atoms with E-state index >= 15 is 0 Å². The maximum Gasteiger partial charge on any atom is 0.216 e. The summed E-state index contributed by atoms with van der Waals surface area (Å²) in [6.45, 7) is 4.92. The number of piperidine rings is 1. The zero-order valence-electron chi connectivity index (χ0n) is 14.4. The molecule has 1 saturated heterocycles. The largest absolute Gasteiger partial charge is 0.439 e. The van der Waals surface area contributed by atoms with Crippen molar-refractivity contribution in [3.63, 3.8) is 0 Å². The molecule has 0 aliphatic carbocycles. The SMILES string of the molecule is CC(=O)NCC1CCCN(Cc2ncc(-c3ccc(C#N)cc3)o2)C1. The molecule has 6 heteroatoms. The number of amides is 1. The molecule has 130 valence electrons. The van der Waals surface area contributed by atoms with Crippen molar-refractivity contribution in [3.8, 4) is 17.4 Å². The van der Waals surface area contributed by atoms with Crippen molar-refractivity contribution in [2.75, 3.05) is 19.6 Å². The summed E-state index contributed by atoms with van der Waals surface area (Å²) in [5, 5.41) is 11.8. The molecule has 1 amide bonds. The molecule has 0 bridgehead atoms. The summed E-state index contributed by atoms with van der Waals surface area (Å²) in [6.07, 6.45) is 3.99. The van der Waals surface area contributed by atoms with Crippen molar-refractivity contribution in [1.29, 1.82) is 5.26 Å². The van der Waals surface area contributed by atoms with Gasteiger partial charge in [-0.05, 0) is 49.6 Å². The van der Waals surface area contributed by atoms with E-state index in [2.05, 4.69) is 21.3 Å². The van der Waals surface area contributed by atoms with E-state index in [9.17, 15) is 4.79 Å². The average molecular weight is 338 g/mol. The Bertz CT molecular complexity index is 760. The van der Waals surface area contributed by atoms with Gasteiger partial charge in [0.15, 0.2) is 5.76 Å². The molecular weight excluding hydrogens is 316 g/mol. The van der Waals surface area contributed by atoms with Crippen molar-refractivity contribution in [3.05, 3.63) is 41.9 Å². The summed E-state index contributed by atoms with van der Waals surface area (Å²) in [4.78, 5) is 17.8. The molecule has 1 aliphatic rings. The monoisotopic (exact) mass is 338 g/mol. The lowest BCUT2D eigenvalue weighted by molar-refractivity contribution is -0.119. The van der Waals surface area contributed by atoms with Crippen LogP contribution in [0.3, 0.4) is 0 Å². The summed E-state index contributed by atoms with van der Waals surface area (Å²) in [5.41, 5.74) is 1.54. The van der Waals surface area contributed by atoms with Gasteiger partial charge in [-0.2, -0.15) is 5.26 Å². The van der Waals surface area contributed by atoms with Gasteiger partial charge < -0.3 is 9.73 Å². The highest BCUT2D eigenvalue weighted by atomic mass is 16.4. The van der Waals surface area contributed by atoms with E-state index in [0.717, 1.165) is 38.0 Å². The Kier molecular flexibility index (Phi) is 5.46. The smallest absolute Gasteiger partial charge is 0.216 e. The number of nitrogens with one attached hydrogen (secondary N) is 1. The highest BCUT2D eigenvalue weighted by Gasteiger charge is 2.21. The quantitative estimate of drug-likeness (QED) is 0.906. The molecule has 25 heavy (non-hydrogen) atoms. The van der Waals surface area contributed by atoms with Crippen LogP contribution in [0.2, 0.25) is 0 Å². The zero-order valence-corrected chi connectivity index (χ0v) is 14.4. The summed E-state index contributed by atoms with van der Waals surface area (Å²) >= 11 is 0. The highest BCUT2D eigenvalue weighted by Crippen LogP contribution is 2.23. The number of likely N-dealkylation sites (tertiary alicyclic amines) is 1. The van der Waals surface area contributed by atoms with Gasteiger partial charge in [-0.15, -0.1) is 0 Å². The molecule has 1 aliphatic heterocycles. The van der Waals surface area contributed by atoms with E-state index in [4.69, 9.17) is 9.68 Å². The second-order valence-electron chi connectivity index (χ2n) is 6.49.